The zero-order chi connectivity index (χ0) is 15.8. The molecule has 22 heavy (non-hydrogen) atoms. The van der Waals surface area contributed by atoms with E-state index in [4.69, 9.17) is 4.74 Å². The third-order valence-corrected chi connectivity index (χ3v) is 4.31. The number of esters is 1. The molecular formula is C14H23N5O2S. The average molecular weight is 325 g/mol. The van der Waals surface area contributed by atoms with E-state index in [2.05, 4.69) is 25.7 Å². The lowest BCUT2D eigenvalue weighted by Gasteiger charge is -2.06. The highest BCUT2D eigenvalue weighted by molar-refractivity contribution is 8.00. The monoisotopic (exact) mass is 325 g/mol. The van der Waals surface area contributed by atoms with Crippen molar-refractivity contribution in [2.75, 3.05) is 12.0 Å². The lowest BCUT2D eigenvalue weighted by Crippen LogP contribution is -2.16. The Hall–Kier alpha value is -1.57. The second kappa shape index (κ2) is 8.77. The van der Waals surface area contributed by atoms with Crippen LogP contribution in [0.2, 0.25) is 0 Å². The van der Waals surface area contributed by atoms with Gasteiger partial charge in [0.2, 0.25) is 11.1 Å². The van der Waals surface area contributed by atoms with Crippen molar-refractivity contribution in [2.45, 2.75) is 62.8 Å². The zero-order valence-electron chi connectivity index (χ0n) is 13.1. The Morgan fingerprint density at radius 3 is 2.82 bits per heavy atom. The molecule has 1 fully saturated rings. The minimum absolute atomic E-state index is 0.259. The summed E-state index contributed by atoms with van der Waals surface area (Å²) in [6.45, 7) is 3.94. The lowest BCUT2D eigenvalue weighted by molar-refractivity contribution is -0.142. The van der Waals surface area contributed by atoms with Gasteiger partial charge in [-0.25, -0.2) is 10.5 Å². The van der Waals surface area contributed by atoms with Crippen molar-refractivity contribution in [1.29, 1.82) is 0 Å². The van der Waals surface area contributed by atoms with E-state index in [1.807, 2.05) is 0 Å². The molecule has 1 unspecified atom stereocenters. The first-order valence-electron chi connectivity index (χ1n) is 7.76. The number of nitrogens with zero attached hydrogens (tertiary/aromatic N) is 3. The van der Waals surface area contributed by atoms with Gasteiger partial charge < -0.3 is 4.74 Å². The van der Waals surface area contributed by atoms with Crippen LogP contribution in [0.1, 0.15) is 52.4 Å². The average Bonchev–Trinajstić information content (AvgIpc) is 2.79. The number of nitrogens with one attached hydrogen (secondary N) is 2. The molecule has 0 saturated heterocycles. The Morgan fingerprint density at radius 1 is 1.41 bits per heavy atom. The first-order chi connectivity index (χ1) is 10.7. The quantitative estimate of drug-likeness (QED) is 0.361. The van der Waals surface area contributed by atoms with E-state index in [0.29, 0.717) is 17.7 Å². The van der Waals surface area contributed by atoms with E-state index in [9.17, 15) is 4.79 Å². The molecule has 0 aromatic carbocycles. The normalized spacial score (nSPS) is 16.7. The van der Waals surface area contributed by atoms with Gasteiger partial charge in [-0.05, 0) is 39.5 Å². The van der Waals surface area contributed by atoms with Crippen molar-refractivity contribution in [2.24, 2.45) is 5.10 Å². The Bertz CT molecular complexity index is 507. The molecule has 1 atom stereocenters. The fourth-order valence-electron chi connectivity index (χ4n) is 2.20. The number of anilines is 1. The fraction of sp³-hybridized carbons (Fsp3) is 0.714. The number of aromatic amines is 1. The van der Waals surface area contributed by atoms with Crippen LogP contribution in [0.3, 0.4) is 0 Å². The summed E-state index contributed by atoms with van der Waals surface area (Å²) in [7, 11) is 0. The number of aromatic nitrogens is 3. The Labute approximate surface area is 134 Å². The van der Waals surface area contributed by atoms with E-state index < -0.39 is 0 Å². The van der Waals surface area contributed by atoms with Gasteiger partial charge in [0, 0.05) is 5.71 Å². The van der Waals surface area contributed by atoms with Gasteiger partial charge in [0.15, 0.2) is 0 Å². The van der Waals surface area contributed by atoms with E-state index in [-0.39, 0.29) is 11.2 Å². The highest BCUT2D eigenvalue weighted by atomic mass is 32.2. The molecular weight excluding hydrogens is 302 g/mol. The number of carbonyl (C=O) groups is 1. The Balaban J connectivity index is 1.85. The molecule has 1 aliphatic rings. The smallest absolute Gasteiger partial charge is 0.319 e. The van der Waals surface area contributed by atoms with Crippen LogP contribution < -0.4 is 5.43 Å². The summed E-state index contributed by atoms with van der Waals surface area (Å²) in [5, 5.41) is 11.4. The third-order valence-electron chi connectivity index (χ3n) is 3.37. The second-order valence-corrected chi connectivity index (χ2v) is 6.49. The van der Waals surface area contributed by atoms with E-state index in [1.165, 1.54) is 43.2 Å². The molecule has 1 aromatic heterocycles. The number of rotatable bonds is 6. The lowest BCUT2D eigenvalue weighted by atomic mass is 10.2. The first kappa shape index (κ1) is 16.8. The van der Waals surface area contributed by atoms with Crippen molar-refractivity contribution >= 4 is 29.4 Å². The summed E-state index contributed by atoms with van der Waals surface area (Å²) >= 11 is 1.26. The number of hydrogen-bond acceptors (Lipinski definition) is 7. The number of ether oxygens (including phenoxy) is 1. The molecule has 0 aliphatic heterocycles. The maximum absolute atomic E-state index is 11.6. The van der Waals surface area contributed by atoms with Crippen molar-refractivity contribution < 1.29 is 9.53 Å². The van der Waals surface area contributed by atoms with Gasteiger partial charge in [-0.3, -0.25) is 4.79 Å². The van der Waals surface area contributed by atoms with E-state index in [0.717, 1.165) is 12.8 Å². The van der Waals surface area contributed by atoms with Crippen LogP contribution in [0.4, 0.5) is 5.95 Å². The summed E-state index contributed by atoms with van der Waals surface area (Å²) in [5.41, 5.74) is 4.10. The van der Waals surface area contributed by atoms with Crippen LogP contribution in [-0.2, 0) is 9.53 Å². The van der Waals surface area contributed by atoms with E-state index in [1.54, 1.807) is 13.8 Å². The Kier molecular flexibility index (Phi) is 6.70. The molecule has 8 heteroatoms. The first-order valence-corrected chi connectivity index (χ1v) is 8.64. The minimum Gasteiger partial charge on any atom is -0.465 e. The second-order valence-electron chi connectivity index (χ2n) is 5.18. The van der Waals surface area contributed by atoms with Crippen molar-refractivity contribution in [3.8, 4) is 0 Å². The molecule has 0 amide bonds. The summed E-state index contributed by atoms with van der Waals surface area (Å²) in [5.74, 6) is 0.237. The van der Waals surface area contributed by atoms with Gasteiger partial charge >= 0.3 is 5.97 Å². The highest BCUT2D eigenvalue weighted by Crippen LogP contribution is 2.21. The van der Waals surface area contributed by atoms with Crippen LogP contribution in [0, 0.1) is 0 Å². The van der Waals surface area contributed by atoms with Gasteiger partial charge in [0.05, 0.1) is 6.61 Å². The van der Waals surface area contributed by atoms with Crippen LogP contribution in [0.5, 0.6) is 0 Å². The number of H-pyrrole nitrogens is 1. The van der Waals surface area contributed by atoms with Crippen LogP contribution in [-0.4, -0.2) is 38.7 Å². The molecule has 2 rings (SSSR count). The van der Waals surface area contributed by atoms with Crippen LogP contribution in [0.25, 0.3) is 0 Å². The molecule has 1 aliphatic carbocycles. The van der Waals surface area contributed by atoms with Gasteiger partial charge in [-0.1, -0.05) is 24.6 Å². The standard InChI is InChI=1S/C14H23N5O2S/c1-3-21-12(20)10(2)22-14-15-13(18-19-14)17-16-11-8-6-4-5-7-9-11/h10H,3-9H2,1-2H3,(H2,15,17,18,19). The molecule has 2 N–H and O–H groups in total. The third kappa shape index (κ3) is 5.32. The molecule has 7 nitrogen and oxygen atoms in total. The molecule has 0 radical (unpaired) electrons. The van der Waals surface area contributed by atoms with Crippen LogP contribution in [0.15, 0.2) is 10.3 Å². The maximum Gasteiger partial charge on any atom is 0.319 e. The summed E-state index contributed by atoms with van der Waals surface area (Å²) in [6.07, 6.45) is 7.07. The van der Waals surface area contributed by atoms with E-state index >= 15 is 0 Å². The van der Waals surface area contributed by atoms with Crippen molar-refractivity contribution in [3.63, 3.8) is 0 Å². The topological polar surface area (TPSA) is 92.3 Å². The number of hydrazone groups is 1. The summed E-state index contributed by atoms with van der Waals surface area (Å²) in [4.78, 5) is 15.8. The molecule has 1 saturated carbocycles. The summed E-state index contributed by atoms with van der Waals surface area (Å²) in [6, 6.07) is 0. The predicted molar refractivity (Wildman–Crippen MR) is 87.1 cm³/mol. The fourth-order valence-corrected chi connectivity index (χ4v) is 2.92. The SMILES string of the molecule is CCOC(=O)C(C)Sc1n[nH]c(NN=C2CCCCCC2)n1. The molecule has 0 spiro atoms. The van der Waals surface area contributed by atoms with Gasteiger partial charge in [0.1, 0.15) is 5.25 Å². The van der Waals surface area contributed by atoms with Gasteiger partial charge in [0.25, 0.3) is 0 Å². The van der Waals surface area contributed by atoms with Gasteiger partial charge in [-0.15, -0.1) is 5.10 Å². The number of carbonyl (C=O) groups excluding carboxylic acids is 1. The Morgan fingerprint density at radius 2 is 2.14 bits per heavy atom. The highest BCUT2D eigenvalue weighted by Gasteiger charge is 2.18. The zero-order valence-corrected chi connectivity index (χ0v) is 13.9. The van der Waals surface area contributed by atoms with Crippen molar-refractivity contribution in [1.82, 2.24) is 15.2 Å². The molecule has 122 valence electrons. The molecule has 1 aromatic rings. The molecule has 0 bridgehead atoms. The van der Waals surface area contributed by atoms with Gasteiger partial charge in [-0.2, -0.15) is 10.1 Å². The predicted octanol–water partition coefficient (Wildman–Crippen LogP) is 2.97. The minimum atomic E-state index is -0.336. The number of thioether (sulfide) groups is 1. The summed E-state index contributed by atoms with van der Waals surface area (Å²) < 4.78 is 4.96. The van der Waals surface area contributed by atoms with Crippen LogP contribution >= 0.6 is 11.8 Å². The largest absolute Gasteiger partial charge is 0.465 e. The maximum atomic E-state index is 11.6. The van der Waals surface area contributed by atoms with Crippen molar-refractivity contribution in [3.05, 3.63) is 0 Å². The number of hydrogen-bond donors (Lipinski definition) is 2. The molecule has 1 heterocycles.